The number of alkyl halides is 3. The van der Waals surface area contributed by atoms with Gasteiger partial charge in [-0.15, -0.1) is 11.8 Å². The number of anilines is 1. The monoisotopic (exact) mass is 475 g/mol. The lowest BCUT2D eigenvalue weighted by Gasteiger charge is -2.33. The van der Waals surface area contributed by atoms with Crippen molar-refractivity contribution in [3.8, 4) is 0 Å². The summed E-state index contributed by atoms with van der Waals surface area (Å²) in [6.45, 7) is -0.839. The Morgan fingerprint density at radius 2 is 2.03 bits per heavy atom. The lowest BCUT2D eigenvalue weighted by Crippen LogP contribution is -2.43. The van der Waals surface area contributed by atoms with Crippen molar-refractivity contribution < 1.29 is 47.0 Å². The van der Waals surface area contributed by atoms with Gasteiger partial charge in [-0.1, -0.05) is 0 Å². The quantitative estimate of drug-likeness (QED) is 0.336. The fourth-order valence-electron chi connectivity index (χ4n) is 2.86. The van der Waals surface area contributed by atoms with E-state index < -0.39 is 56.1 Å². The average molecular weight is 475 g/mol. The van der Waals surface area contributed by atoms with E-state index in [0.717, 1.165) is 17.2 Å². The van der Waals surface area contributed by atoms with Crippen LogP contribution in [0, 0.1) is 0 Å². The molecule has 1 aliphatic rings. The molecule has 0 aromatic carbocycles. The Labute approximate surface area is 170 Å². The Morgan fingerprint density at radius 1 is 1.33 bits per heavy atom. The summed E-state index contributed by atoms with van der Waals surface area (Å²) in [4.78, 5) is 29.4. The summed E-state index contributed by atoms with van der Waals surface area (Å²) in [5, 5.41) is 19.0. The predicted molar refractivity (Wildman–Crippen MR) is 95.7 cm³/mol. The van der Waals surface area contributed by atoms with Gasteiger partial charge in [0.15, 0.2) is 11.5 Å². The maximum atomic E-state index is 12.7. The summed E-state index contributed by atoms with van der Waals surface area (Å²) in [5.41, 5.74) is 5.79. The van der Waals surface area contributed by atoms with Crippen LogP contribution in [-0.4, -0.2) is 76.4 Å². The van der Waals surface area contributed by atoms with E-state index in [9.17, 15) is 27.9 Å². The standard InChI is InChI=1S/C13H17F3N5O7PS/c14-12(15,16)1-2-30-13(21-5-20-7-10(17)18-4-19-11(7)21)9(23)8(22)6(28-13)3-27-29(24,25)26/h4-6,8-9,22-23H,1-3H2,(H2,17,18,19)(H2,24,25,26)/t6-,8-,9-,13+/m1/s1. The largest absolute Gasteiger partial charge is 0.469 e. The van der Waals surface area contributed by atoms with Crippen LogP contribution in [0.4, 0.5) is 19.0 Å². The molecule has 0 spiro atoms. The van der Waals surface area contributed by atoms with E-state index in [1.54, 1.807) is 0 Å². The summed E-state index contributed by atoms with van der Waals surface area (Å²) in [6.07, 6.45) is -8.65. The number of aliphatic hydroxyl groups is 2. The van der Waals surface area contributed by atoms with Crippen LogP contribution in [0.1, 0.15) is 6.42 Å². The van der Waals surface area contributed by atoms with E-state index in [1.807, 2.05) is 0 Å². The topological polar surface area (TPSA) is 186 Å². The first-order chi connectivity index (χ1) is 13.8. The van der Waals surface area contributed by atoms with Crippen molar-refractivity contribution in [1.82, 2.24) is 19.5 Å². The number of aromatic nitrogens is 4. The molecule has 0 bridgehead atoms. The molecule has 4 atom stereocenters. The third-order valence-corrected chi connectivity index (χ3v) is 6.04. The van der Waals surface area contributed by atoms with Crippen molar-refractivity contribution >= 4 is 36.6 Å². The molecule has 30 heavy (non-hydrogen) atoms. The van der Waals surface area contributed by atoms with E-state index >= 15 is 0 Å². The average Bonchev–Trinajstić information content (AvgIpc) is 3.15. The maximum absolute atomic E-state index is 12.7. The molecule has 0 unspecified atom stereocenters. The Balaban J connectivity index is 1.99. The van der Waals surface area contributed by atoms with Gasteiger partial charge in [0.2, 0.25) is 5.06 Å². The molecule has 0 amide bonds. The number of fused-ring (bicyclic) bond motifs is 1. The molecule has 3 rings (SSSR count). The second-order valence-corrected chi connectivity index (χ2v) is 8.79. The molecule has 17 heteroatoms. The summed E-state index contributed by atoms with van der Waals surface area (Å²) < 4.78 is 60.0. The maximum Gasteiger partial charge on any atom is 0.469 e. The molecule has 1 aliphatic heterocycles. The van der Waals surface area contributed by atoms with Gasteiger partial charge in [-0.3, -0.25) is 9.09 Å². The molecule has 6 N–H and O–H groups in total. The van der Waals surface area contributed by atoms with Gasteiger partial charge in [-0.25, -0.2) is 19.5 Å². The molecule has 0 saturated carbocycles. The first-order valence-corrected chi connectivity index (χ1v) is 10.7. The number of imidazole rings is 1. The van der Waals surface area contributed by atoms with Crippen molar-refractivity contribution in [3.63, 3.8) is 0 Å². The molecular weight excluding hydrogens is 458 g/mol. The minimum absolute atomic E-state index is 0.00446. The van der Waals surface area contributed by atoms with Gasteiger partial charge in [0.1, 0.15) is 36.5 Å². The summed E-state index contributed by atoms with van der Waals surface area (Å²) in [6, 6.07) is 0. The Bertz CT molecular complexity index is 959. The van der Waals surface area contributed by atoms with Gasteiger partial charge in [-0.2, -0.15) is 13.2 Å². The number of hydrogen-bond acceptors (Lipinski definition) is 10. The normalized spacial score (nSPS) is 27.8. The number of thioether (sulfide) groups is 1. The highest BCUT2D eigenvalue weighted by Gasteiger charge is 2.57. The van der Waals surface area contributed by atoms with Crippen LogP contribution in [0.25, 0.3) is 11.2 Å². The smallest absolute Gasteiger partial charge is 0.387 e. The number of halogens is 3. The summed E-state index contributed by atoms with van der Waals surface area (Å²) in [5.74, 6) is -0.622. The van der Waals surface area contributed by atoms with Crippen LogP contribution in [0.5, 0.6) is 0 Å². The van der Waals surface area contributed by atoms with E-state index in [4.69, 9.17) is 20.3 Å². The van der Waals surface area contributed by atoms with Crippen LogP contribution in [0.2, 0.25) is 0 Å². The van der Waals surface area contributed by atoms with Crippen molar-refractivity contribution in [1.29, 1.82) is 0 Å². The van der Waals surface area contributed by atoms with Crippen LogP contribution >= 0.6 is 19.6 Å². The highest BCUT2D eigenvalue weighted by Crippen LogP contribution is 2.48. The number of ether oxygens (including phenoxy) is 1. The number of nitrogens with zero attached hydrogens (tertiary/aromatic N) is 4. The fourth-order valence-corrected chi connectivity index (χ4v) is 4.60. The van der Waals surface area contributed by atoms with Crippen LogP contribution in [0.15, 0.2) is 12.7 Å². The highest BCUT2D eigenvalue weighted by molar-refractivity contribution is 7.99. The van der Waals surface area contributed by atoms with Gasteiger partial charge < -0.3 is 30.5 Å². The minimum Gasteiger partial charge on any atom is -0.387 e. The van der Waals surface area contributed by atoms with E-state index in [0.29, 0.717) is 11.8 Å². The first kappa shape index (κ1) is 23.1. The van der Waals surface area contributed by atoms with Gasteiger partial charge in [0.25, 0.3) is 0 Å². The number of phosphoric ester groups is 1. The fraction of sp³-hybridized carbons (Fsp3) is 0.615. The van der Waals surface area contributed by atoms with Crippen LogP contribution in [0.3, 0.4) is 0 Å². The van der Waals surface area contributed by atoms with Crippen LogP contribution < -0.4 is 5.73 Å². The van der Waals surface area contributed by atoms with Gasteiger partial charge in [0.05, 0.1) is 13.0 Å². The molecule has 3 heterocycles. The number of nitrogen functional groups attached to an aromatic ring is 1. The Morgan fingerprint density at radius 3 is 2.67 bits per heavy atom. The molecular formula is C13H17F3N5O7PS. The molecule has 2 aromatic rings. The first-order valence-electron chi connectivity index (χ1n) is 8.23. The van der Waals surface area contributed by atoms with E-state index in [-0.39, 0.29) is 17.0 Å². The van der Waals surface area contributed by atoms with E-state index in [2.05, 4.69) is 19.5 Å². The van der Waals surface area contributed by atoms with Crippen molar-refractivity contribution in [3.05, 3.63) is 12.7 Å². The minimum atomic E-state index is -4.94. The molecule has 2 aromatic heterocycles. The molecule has 0 aliphatic carbocycles. The number of phosphoric acid groups is 1. The zero-order chi connectivity index (χ0) is 22.3. The number of nitrogens with two attached hydrogens (primary N) is 1. The van der Waals surface area contributed by atoms with Gasteiger partial charge in [0, 0.05) is 5.75 Å². The second-order valence-electron chi connectivity index (χ2n) is 6.27. The molecule has 0 radical (unpaired) electrons. The van der Waals surface area contributed by atoms with Gasteiger partial charge in [-0.05, 0) is 0 Å². The van der Waals surface area contributed by atoms with Crippen molar-refractivity contribution in [2.75, 3.05) is 18.1 Å². The lowest BCUT2D eigenvalue weighted by molar-refractivity contribution is -0.130. The van der Waals surface area contributed by atoms with Crippen molar-refractivity contribution in [2.24, 2.45) is 0 Å². The molecule has 168 valence electrons. The summed E-state index contributed by atoms with van der Waals surface area (Å²) in [7, 11) is -4.94. The predicted octanol–water partition coefficient (Wildman–Crippen LogP) is -0.0657. The Hall–Kier alpha value is -1.52. The summed E-state index contributed by atoms with van der Waals surface area (Å²) >= 11 is 0.506. The highest BCUT2D eigenvalue weighted by atomic mass is 32.2. The lowest BCUT2D eigenvalue weighted by atomic mass is 10.1. The third kappa shape index (κ3) is 4.70. The number of hydrogen-bond donors (Lipinski definition) is 5. The van der Waals surface area contributed by atoms with Crippen LogP contribution in [-0.2, 0) is 18.9 Å². The molecule has 1 fully saturated rings. The Kier molecular flexibility index (Phi) is 6.33. The van der Waals surface area contributed by atoms with Gasteiger partial charge >= 0.3 is 14.0 Å². The second kappa shape index (κ2) is 8.20. The zero-order valence-corrected chi connectivity index (χ0v) is 16.6. The molecule has 1 saturated heterocycles. The third-order valence-electron chi connectivity index (χ3n) is 4.20. The zero-order valence-electron chi connectivity index (χ0n) is 14.9. The van der Waals surface area contributed by atoms with Crippen molar-refractivity contribution in [2.45, 2.75) is 36.0 Å². The molecule has 12 nitrogen and oxygen atoms in total. The SMILES string of the molecule is Nc1ncnc2c1ncn2[C@]1(SCCC(F)(F)F)O[C@H](COP(=O)(O)O)[C@@H](O)[C@H]1O. The number of rotatable bonds is 7. The van der Waals surface area contributed by atoms with E-state index in [1.165, 1.54) is 0 Å². The number of aliphatic hydroxyl groups excluding tert-OH is 2.